The summed E-state index contributed by atoms with van der Waals surface area (Å²) in [5.74, 6) is 0. The van der Waals surface area contributed by atoms with E-state index in [1.165, 1.54) is 0 Å². The predicted octanol–water partition coefficient (Wildman–Crippen LogP) is 4.66. The lowest BCUT2D eigenvalue weighted by atomic mass is 9.89. The standard InChI is InChI=1S/C15H14Br2O/c1-15(18,13-7-2-3-8-14(13)17)10-11-5-4-6-12(16)9-11/h2-9,18H,10H2,1H3. The fourth-order valence-corrected chi connectivity index (χ4v) is 3.20. The van der Waals surface area contributed by atoms with Gasteiger partial charge in [0.15, 0.2) is 0 Å². The molecule has 2 aromatic carbocycles. The van der Waals surface area contributed by atoms with Gasteiger partial charge in [0, 0.05) is 15.4 Å². The zero-order valence-corrected chi connectivity index (χ0v) is 13.2. The summed E-state index contributed by atoms with van der Waals surface area (Å²) < 4.78 is 1.97. The quantitative estimate of drug-likeness (QED) is 0.833. The summed E-state index contributed by atoms with van der Waals surface area (Å²) in [6.45, 7) is 1.84. The topological polar surface area (TPSA) is 20.2 Å². The van der Waals surface area contributed by atoms with Crippen molar-refractivity contribution in [2.24, 2.45) is 0 Å². The molecule has 1 atom stereocenters. The summed E-state index contributed by atoms with van der Waals surface area (Å²) in [4.78, 5) is 0. The zero-order chi connectivity index (χ0) is 13.2. The summed E-state index contributed by atoms with van der Waals surface area (Å²) in [7, 11) is 0. The molecular formula is C15H14Br2O. The largest absolute Gasteiger partial charge is 0.385 e. The molecule has 0 aliphatic heterocycles. The Morgan fingerprint density at radius 3 is 2.44 bits per heavy atom. The van der Waals surface area contributed by atoms with Crippen molar-refractivity contribution in [2.45, 2.75) is 18.9 Å². The first kappa shape index (κ1) is 13.8. The number of rotatable bonds is 3. The molecule has 0 aromatic heterocycles. The van der Waals surface area contributed by atoms with Gasteiger partial charge in [-0.2, -0.15) is 0 Å². The van der Waals surface area contributed by atoms with E-state index in [2.05, 4.69) is 31.9 Å². The van der Waals surface area contributed by atoms with Crippen molar-refractivity contribution < 1.29 is 5.11 Å². The predicted molar refractivity (Wildman–Crippen MR) is 81.6 cm³/mol. The fraction of sp³-hybridized carbons (Fsp3) is 0.200. The van der Waals surface area contributed by atoms with Crippen LogP contribution in [-0.4, -0.2) is 5.11 Å². The van der Waals surface area contributed by atoms with E-state index in [4.69, 9.17) is 0 Å². The van der Waals surface area contributed by atoms with E-state index in [0.717, 1.165) is 20.1 Å². The molecule has 0 amide bonds. The Balaban J connectivity index is 2.30. The van der Waals surface area contributed by atoms with Gasteiger partial charge in [-0.15, -0.1) is 0 Å². The smallest absolute Gasteiger partial charge is 0.0919 e. The summed E-state index contributed by atoms with van der Waals surface area (Å²) in [5.41, 5.74) is 1.12. The Bertz CT molecular complexity index is 550. The Labute approximate surface area is 124 Å². The molecule has 0 spiro atoms. The lowest BCUT2D eigenvalue weighted by Crippen LogP contribution is -2.24. The maximum atomic E-state index is 10.7. The second-order valence-corrected chi connectivity index (χ2v) is 6.33. The highest BCUT2D eigenvalue weighted by atomic mass is 79.9. The normalized spacial score (nSPS) is 14.2. The number of halogens is 2. The second-order valence-electron chi connectivity index (χ2n) is 4.56. The molecule has 0 aliphatic rings. The van der Waals surface area contributed by atoms with Crippen LogP contribution in [0.5, 0.6) is 0 Å². The van der Waals surface area contributed by atoms with Gasteiger partial charge in [0.05, 0.1) is 5.60 Å². The van der Waals surface area contributed by atoms with Crippen molar-refractivity contribution in [1.82, 2.24) is 0 Å². The van der Waals surface area contributed by atoms with Crippen molar-refractivity contribution in [3.63, 3.8) is 0 Å². The van der Waals surface area contributed by atoms with Gasteiger partial charge in [-0.05, 0) is 36.2 Å². The van der Waals surface area contributed by atoms with Crippen molar-refractivity contribution in [3.05, 3.63) is 68.6 Å². The van der Waals surface area contributed by atoms with Crippen LogP contribution in [-0.2, 0) is 12.0 Å². The van der Waals surface area contributed by atoms with Crippen LogP contribution >= 0.6 is 31.9 Å². The molecule has 0 bridgehead atoms. The molecule has 0 radical (unpaired) electrons. The Morgan fingerprint density at radius 1 is 1.06 bits per heavy atom. The van der Waals surface area contributed by atoms with Gasteiger partial charge in [-0.3, -0.25) is 0 Å². The highest BCUT2D eigenvalue weighted by molar-refractivity contribution is 9.10. The molecule has 2 rings (SSSR count). The summed E-state index contributed by atoms with van der Waals surface area (Å²) in [6.07, 6.45) is 0.578. The highest BCUT2D eigenvalue weighted by Gasteiger charge is 2.25. The lowest BCUT2D eigenvalue weighted by Gasteiger charge is -2.25. The van der Waals surface area contributed by atoms with Gasteiger partial charge < -0.3 is 5.11 Å². The SMILES string of the molecule is CC(O)(Cc1cccc(Br)c1)c1ccccc1Br. The van der Waals surface area contributed by atoms with Crippen LogP contribution in [0, 0.1) is 0 Å². The summed E-state index contributed by atoms with van der Waals surface area (Å²) >= 11 is 6.94. The molecule has 2 aromatic rings. The first-order chi connectivity index (χ1) is 8.49. The lowest BCUT2D eigenvalue weighted by molar-refractivity contribution is 0.0569. The molecule has 0 fully saturated rings. The minimum atomic E-state index is -0.888. The Morgan fingerprint density at radius 2 is 1.78 bits per heavy atom. The summed E-state index contributed by atoms with van der Waals surface area (Å²) in [5, 5.41) is 10.7. The monoisotopic (exact) mass is 368 g/mol. The Kier molecular flexibility index (Phi) is 4.25. The molecule has 0 aliphatic carbocycles. The number of hydrogen-bond acceptors (Lipinski definition) is 1. The maximum absolute atomic E-state index is 10.7. The minimum Gasteiger partial charge on any atom is -0.385 e. The van der Waals surface area contributed by atoms with Gasteiger partial charge in [-0.25, -0.2) is 0 Å². The van der Waals surface area contributed by atoms with Crippen LogP contribution in [0.3, 0.4) is 0 Å². The van der Waals surface area contributed by atoms with Gasteiger partial charge in [0.2, 0.25) is 0 Å². The van der Waals surface area contributed by atoms with Crippen molar-refractivity contribution >= 4 is 31.9 Å². The molecular weight excluding hydrogens is 356 g/mol. The van der Waals surface area contributed by atoms with E-state index >= 15 is 0 Å². The zero-order valence-electron chi connectivity index (χ0n) is 10.0. The minimum absolute atomic E-state index is 0.578. The van der Waals surface area contributed by atoms with Crippen molar-refractivity contribution in [3.8, 4) is 0 Å². The molecule has 1 nitrogen and oxygen atoms in total. The molecule has 94 valence electrons. The maximum Gasteiger partial charge on any atom is 0.0919 e. The van der Waals surface area contributed by atoms with Gasteiger partial charge in [-0.1, -0.05) is 62.2 Å². The average Bonchev–Trinajstić information content (AvgIpc) is 2.28. The third kappa shape index (κ3) is 3.22. The third-order valence-electron chi connectivity index (χ3n) is 2.89. The highest BCUT2D eigenvalue weighted by Crippen LogP contribution is 2.31. The van der Waals surface area contributed by atoms with Crippen LogP contribution in [0.1, 0.15) is 18.1 Å². The molecule has 0 saturated heterocycles. The number of hydrogen-bond donors (Lipinski definition) is 1. The summed E-state index contributed by atoms with van der Waals surface area (Å²) in [6, 6.07) is 15.8. The van der Waals surface area contributed by atoms with E-state index in [-0.39, 0.29) is 0 Å². The van der Waals surface area contributed by atoms with E-state index < -0.39 is 5.60 Å². The fourth-order valence-electron chi connectivity index (χ4n) is 2.04. The van der Waals surface area contributed by atoms with Gasteiger partial charge >= 0.3 is 0 Å². The van der Waals surface area contributed by atoms with Crippen molar-refractivity contribution in [2.75, 3.05) is 0 Å². The first-order valence-electron chi connectivity index (χ1n) is 5.71. The first-order valence-corrected chi connectivity index (χ1v) is 7.29. The molecule has 1 N–H and O–H groups in total. The number of aliphatic hydroxyl groups is 1. The molecule has 0 saturated carbocycles. The van der Waals surface area contributed by atoms with Crippen LogP contribution in [0.4, 0.5) is 0 Å². The second kappa shape index (κ2) is 5.55. The van der Waals surface area contributed by atoms with Gasteiger partial charge in [0.25, 0.3) is 0 Å². The van der Waals surface area contributed by atoms with Crippen LogP contribution < -0.4 is 0 Å². The third-order valence-corrected chi connectivity index (χ3v) is 4.08. The van der Waals surface area contributed by atoms with Gasteiger partial charge in [0.1, 0.15) is 0 Å². The molecule has 3 heteroatoms. The molecule has 1 unspecified atom stereocenters. The van der Waals surface area contributed by atoms with E-state index in [1.807, 2.05) is 55.5 Å². The average molecular weight is 370 g/mol. The Hall–Kier alpha value is -0.640. The molecule has 0 heterocycles. The van der Waals surface area contributed by atoms with Crippen molar-refractivity contribution in [1.29, 1.82) is 0 Å². The molecule has 18 heavy (non-hydrogen) atoms. The number of benzene rings is 2. The van der Waals surface area contributed by atoms with E-state index in [9.17, 15) is 5.11 Å². The van der Waals surface area contributed by atoms with Crippen LogP contribution in [0.25, 0.3) is 0 Å². The van der Waals surface area contributed by atoms with Crippen LogP contribution in [0.2, 0.25) is 0 Å². The van der Waals surface area contributed by atoms with E-state index in [1.54, 1.807) is 0 Å². The van der Waals surface area contributed by atoms with Crippen LogP contribution in [0.15, 0.2) is 57.5 Å². The van der Waals surface area contributed by atoms with E-state index in [0.29, 0.717) is 6.42 Å².